The molecule has 2 amide bonds. The van der Waals surface area contributed by atoms with Crippen LogP contribution in [-0.2, 0) is 14.3 Å². The number of ether oxygens (including phenoxy) is 2. The van der Waals surface area contributed by atoms with Gasteiger partial charge in [-0.15, -0.1) is 11.3 Å². The maximum atomic E-state index is 13.0. The summed E-state index contributed by atoms with van der Waals surface area (Å²) >= 11 is 1.21. The minimum atomic E-state index is -0.740. The summed E-state index contributed by atoms with van der Waals surface area (Å²) in [5.74, 6) is -0.570. The molecule has 0 aliphatic rings. The Morgan fingerprint density at radius 3 is 2.42 bits per heavy atom. The van der Waals surface area contributed by atoms with Crippen molar-refractivity contribution in [2.24, 2.45) is 17.6 Å². The average Bonchev–Trinajstić information content (AvgIpc) is 3.24. The summed E-state index contributed by atoms with van der Waals surface area (Å²) in [5.41, 5.74) is 6.33. The molecule has 0 saturated carbocycles. The smallest absolute Gasteiger partial charge is 0.407 e. The molecular weight excluding hydrogens is 420 g/mol. The van der Waals surface area contributed by atoms with Gasteiger partial charge >= 0.3 is 12.1 Å². The Kier molecular flexibility index (Phi) is 10.9. The van der Waals surface area contributed by atoms with Crippen molar-refractivity contribution in [3.8, 4) is 0 Å². The first-order chi connectivity index (χ1) is 14.6. The van der Waals surface area contributed by atoms with Gasteiger partial charge in [-0.05, 0) is 18.8 Å². The van der Waals surface area contributed by atoms with Crippen molar-refractivity contribution < 1.29 is 23.9 Å². The summed E-state index contributed by atoms with van der Waals surface area (Å²) in [6.45, 7) is 9.88. The fourth-order valence-corrected chi connectivity index (χ4v) is 3.94. The normalized spacial score (nSPS) is 15.0. The SMILES string of the molecule is CCOC(=O)c1csc([C@@H](C[C@H](C(C)C)N(C)C(=O)[C@@H](N)C(C)CC)OC(=O)NC)n1. The zero-order chi connectivity index (χ0) is 23.7. The van der Waals surface area contributed by atoms with Gasteiger partial charge in [0, 0.05) is 31.9 Å². The molecule has 3 N–H and O–H groups in total. The number of likely N-dealkylation sites (N-methyl/N-ethyl adjacent to an activating group) is 1. The molecule has 176 valence electrons. The van der Waals surface area contributed by atoms with Crippen molar-refractivity contribution in [2.45, 2.75) is 65.6 Å². The molecule has 0 radical (unpaired) electrons. The summed E-state index contributed by atoms with van der Waals surface area (Å²) in [5, 5.41) is 4.47. The lowest BCUT2D eigenvalue weighted by molar-refractivity contribution is -0.136. The van der Waals surface area contributed by atoms with Gasteiger partial charge in [-0.1, -0.05) is 34.1 Å². The number of hydrogen-bond donors (Lipinski definition) is 2. The first-order valence-corrected chi connectivity index (χ1v) is 11.5. The van der Waals surface area contributed by atoms with Gasteiger partial charge < -0.3 is 25.4 Å². The molecule has 0 saturated heterocycles. The van der Waals surface area contributed by atoms with Gasteiger partial charge in [0.05, 0.1) is 12.6 Å². The van der Waals surface area contributed by atoms with Crippen LogP contribution in [0.5, 0.6) is 0 Å². The fourth-order valence-electron chi connectivity index (χ4n) is 3.11. The van der Waals surface area contributed by atoms with E-state index in [4.69, 9.17) is 15.2 Å². The Bertz CT molecular complexity index is 739. The molecule has 10 heteroatoms. The molecule has 0 aliphatic carbocycles. The van der Waals surface area contributed by atoms with Crippen LogP contribution in [0.15, 0.2) is 5.38 Å². The van der Waals surface area contributed by atoms with E-state index >= 15 is 0 Å². The third-order valence-corrected chi connectivity index (χ3v) is 6.28. The lowest BCUT2D eigenvalue weighted by atomic mass is 9.93. The Morgan fingerprint density at radius 2 is 1.90 bits per heavy atom. The minimum absolute atomic E-state index is 0.0479. The highest BCUT2D eigenvalue weighted by Gasteiger charge is 2.33. The van der Waals surface area contributed by atoms with Gasteiger partial charge in [0.15, 0.2) is 11.8 Å². The minimum Gasteiger partial charge on any atom is -0.461 e. The van der Waals surface area contributed by atoms with E-state index in [1.54, 1.807) is 24.3 Å². The van der Waals surface area contributed by atoms with E-state index in [0.717, 1.165) is 6.42 Å². The van der Waals surface area contributed by atoms with Crippen LogP contribution in [0, 0.1) is 11.8 Å². The van der Waals surface area contributed by atoms with E-state index in [1.807, 2.05) is 27.7 Å². The largest absolute Gasteiger partial charge is 0.461 e. The van der Waals surface area contributed by atoms with Gasteiger partial charge in [0.25, 0.3) is 0 Å². The second-order valence-electron chi connectivity index (χ2n) is 7.84. The number of carbonyl (C=O) groups excluding carboxylic acids is 3. The van der Waals surface area contributed by atoms with E-state index in [9.17, 15) is 14.4 Å². The molecule has 0 bridgehead atoms. The Hall–Kier alpha value is -2.20. The molecule has 0 aromatic carbocycles. The second-order valence-corrected chi connectivity index (χ2v) is 8.73. The van der Waals surface area contributed by atoms with Crippen LogP contribution in [-0.4, -0.2) is 60.6 Å². The quantitative estimate of drug-likeness (QED) is 0.491. The molecular formula is C21H36N4O5S. The number of thiazole rings is 1. The van der Waals surface area contributed by atoms with Crippen molar-refractivity contribution in [1.29, 1.82) is 0 Å². The highest BCUT2D eigenvalue weighted by Crippen LogP contribution is 2.30. The van der Waals surface area contributed by atoms with Crippen molar-refractivity contribution >= 4 is 29.3 Å². The standard InChI is InChI=1S/C21H36N4O5S/c1-8-13(5)17(22)19(26)25(7)15(12(3)4)10-16(30-21(28)23-6)18-24-14(11-31-18)20(27)29-9-2/h11-13,15-17H,8-10,22H2,1-7H3,(H,23,28)/t13?,15-,16-,17+/m1/s1. The van der Waals surface area contributed by atoms with Crippen molar-refractivity contribution in [3.63, 3.8) is 0 Å². The number of nitrogens with two attached hydrogens (primary N) is 1. The van der Waals surface area contributed by atoms with E-state index in [-0.39, 0.29) is 36.1 Å². The number of nitrogens with zero attached hydrogens (tertiary/aromatic N) is 2. The number of alkyl carbamates (subject to hydrolysis) is 1. The molecule has 1 aromatic heterocycles. The van der Waals surface area contributed by atoms with Crippen molar-refractivity contribution in [3.05, 3.63) is 16.1 Å². The fraction of sp³-hybridized carbons (Fsp3) is 0.714. The highest BCUT2D eigenvalue weighted by atomic mass is 32.1. The maximum absolute atomic E-state index is 13.0. The first-order valence-electron chi connectivity index (χ1n) is 10.6. The second kappa shape index (κ2) is 12.6. The first kappa shape index (κ1) is 26.8. The molecule has 0 aliphatic heterocycles. The third-order valence-electron chi connectivity index (χ3n) is 5.35. The molecule has 4 atom stereocenters. The van der Waals surface area contributed by atoms with Crippen LogP contribution < -0.4 is 11.1 Å². The molecule has 31 heavy (non-hydrogen) atoms. The lowest BCUT2D eigenvalue weighted by Gasteiger charge is -2.35. The van der Waals surface area contributed by atoms with E-state index < -0.39 is 24.2 Å². The van der Waals surface area contributed by atoms with Gasteiger partial charge in [-0.3, -0.25) is 4.79 Å². The summed E-state index contributed by atoms with van der Waals surface area (Å²) in [4.78, 5) is 42.9. The molecule has 0 fully saturated rings. The van der Waals surface area contributed by atoms with Crippen LogP contribution in [0.1, 0.15) is 69.1 Å². The zero-order valence-corrected chi connectivity index (χ0v) is 20.3. The number of amides is 2. The summed E-state index contributed by atoms with van der Waals surface area (Å²) in [7, 11) is 3.18. The number of aromatic nitrogens is 1. The van der Waals surface area contributed by atoms with Crippen LogP contribution >= 0.6 is 11.3 Å². The van der Waals surface area contributed by atoms with Gasteiger partial charge in [-0.2, -0.15) is 0 Å². The summed E-state index contributed by atoms with van der Waals surface area (Å²) < 4.78 is 10.5. The predicted molar refractivity (Wildman–Crippen MR) is 120 cm³/mol. The Labute approximate surface area is 188 Å². The van der Waals surface area contributed by atoms with E-state index in [1.165, 1.54) is 18.4 Å². The van der Waals surface area contributed by atoms with Crippen molar-refractivity contribution in [1.82, 2.24) is 15.2 Å². The summed E-state index contributed by atoms with van der Waals surface area (Å²) in [6.07, 6.45) is -0.247. The number of hydrogen-bond acceptors (Lipinski definition) is 8. The molecule has 0 spiro atoms. The average molecular weight is 457 g/mol. The highest BCUT2D eigenvalue weighted by molar-refractivity contribution is 7.09. The van der Waals surface area contributed by atoms with Gasteiger partial charge in [0.2, 0.25) is 5.91 Å². The number of nitrogens with one attached hydrogen (secondary N) is 1. The lowest BCUT2D eigenvalue weighted by Crippen LogP contribution is -2.51. The summed E-state index contributed by atoms with van der Waals surface area (Å²) in [6, 6.07) is -0.864. The molecule has 1 aromatic rings. The van der Waals surface area contributed by atoms with Crippen LogP contribution in [0.4, 0.5) is 4.79 Å². The molecule has 1 heterocycles. The molecule has 1 unspecified atom stereocenters. The number of carbonyl (C=O) groups is 3. The Morgan fingerprint density at radius 1 is 1.26 bits per heavy atom. The zero-order valence-electron chi connectivity index (χ0n) is 19.5. The number of rotatable bonds is 11. The maximum Gasteiger partial charge on any atom is 0.407 e. The van der Waals surface area contributed by atoms with E-state index in [2.05, 4.69) is 10.3 Å². The Balaban J connectivity index is 3.15. The molecule has 9 nitrogen and oxygen atoms in total. The van der Waals surface area contributed by atoms with Crippen LogP contribution in [0.25, 0.3) is 0 Å². The van der Waals surface area contributed by atoms with Gasteiger partial charge in [0.1, 0.15) is 5.01 Å². The van der Waals surface area contributed by atoms with Crippen LogP contribution in [0.2, 0.25) is 0 Å². The molecule has 1 rings (SSSR count). The number of esters is 1. The third kappa shape index (κ3) is 7.46. The topological polar surface area (TPSA) is 124 Å². The van der Waals surface area contributed by atoms with E-state index in [0.29, 0.717) is 11.4 Å². The predicted octanol–water partition coefficient (Wildman–Crippen LogP) is 2.96. The monoisotopic (exact) mass is 456 g/mol. The van der Waals surface area contributed by atoms with Crippen LogP contribution in [0.3, 0.4) is 0 Å². The van der Waals surface area contributed by atoms with Crippen molar-refractivity contribution in [2.75, 3.05) is 20.7 Å². The van der Waals surface area contributed by atoms with Gasteiger partial charge in [-0.25, -0.2) is 14.6 Å².